The molecule has 2 amide bonds. The number of hydrogen-bond acceptors (Lipinski definition) is 5. The van der Waals surface area contributed by atoms with E-state index in [1.807, 2.05) is 32.0 Å². The van der Waals surface area contributed by atoms with E-state index in [1.54, 1.807) is 0 Å². The molecule has 0 saturated carbocycles. The number of ether oxygens (including phenoxy) is 2. The number of amides is 2. The van der Waals surface area contributed by atoms with Gasteiger partial charge in [0.25, 0.3) is 0 Å². The number of hydrogen-bond donors (Lipinski definition) is 4. The Bertz CT molecular complexity index is 527. The molecule has 114 valence electrons. The fraction of sp³-hybridized carbons (Fsp3) is 0.500. The van der Waals surface area contributed by atoms with Crippen molar-refractivity contribution in [3.05, 3.63) is 23.8 Å². The van der Waals surface area contributed by atoms with E-state index < -0.39 is 0 Å². The van der Waals surface area contributed by atoms with Crippen LogP contribution in [-0.4, -0.2) is 30.9 Å². The fourth-order valence-corrected chi connectivity index (χ4v) is 2.56. The number of carbonyl (C=O) groups is 1. The summed E-state index contributed by atoms with van der Waals surface area (Å²) in [7, 11) is 0. The maximum atomic E-state index is 12.0. The molecule has 21 heavy (non-hydrogen) atoms. The monoisotopic (exact) mass is 292 g/mol. The zero-order chi connectivity index (χ0) is 14.8. The lowest BCUT2D eigenvalue weighted by Crippen LogP contribution is -2.49. The Kier molecular flexibility index (Phi) is 3.85. The second-order valence-corrected chi connectivity index (χ2v) is 5.41. The summed E-state index contributed by atoms with van der Waals surface area (Å²) >= 11 is 0. The van der Waals surface area contributed by atoms with Crippen molar-refractivity contribution >= 4 is 6.03 Å². The summed E-state index contributed by atoms with van der Waals surface area (Å²) < 4.78 is 10.6. The van der Waals surface area contributed by atoms with Crippen LogP contribution in [0.2, 0.25) is 0 Å². The van der Waals surface area contributed by atoms with Gasteiger partial charge < -0.3 is 20.1 Å². The van der Waals surface area contributed by atoms with Gasteiger partial charge in [-0.3, -0.25) is 10.9 Å². The summed E-state index contributed by atoms with van der Waals surface area (Å²) in [6, 6.07) is 5.91. The molecule has 2 heterocycles. The van der Waals surface area contributed by atoms with Crippen LogP contribution in [0.1, 0.15) is 19.4 Å². The highest BCUT2D eigenvalue weighted by atomic mass is 16.7. The maximum Gasteiger partial charge on any atom is 0.315 e. The summed E-state index contributed by atoms with van der Waals surface area (Å²) in [5.41, 5.74) is 7.18. The summed E-state index contributed by atoms with van der Waals surface area (Å²) in [6.07, 6.45) is 0. The van der Waals surface area contributed by atoms with E-state index in [9.17, 15) is 4.79 Å². The lowest BCUT2D eigenvalue weighted by atomic mass is 10.1. The predicted molar refractivity (Wildman–Crippen MR) is 76.9 cm³/mol. The average molecular weight is 292 g/mol. The second kappa shape index (κ2) is 5.79. The number of rotatable bonds is 3. The third-order valence-electron chi connectivity index (χ3n) is 3.80. The van der Waals surface area contributed by atoms with Gasteiger partial charge in [0, 0.05) is 18.6 Å². The van der Waals surface area contributed by atoms with E-state index >= 15 is 0 Å². The first-order chi connectivity index (χ1) is 10.1. The van der Waals surface area contributed by atoms with Gasteiger partial charge in [0.15, 0.2) is 11.5 Å². The molecule has 1 fully saturated rings. The molecule has 0 spiro atoms. The normalized spacial score (nSPS) is 26.7. The Hall–Kier alpha value is -1.99. The van der Waals surface area contributed by atoms with Crippen LogP contribution in [0.4, 0.5) is 4.79 Å². The van der Waals surface area contributed by atoms with Crippen LogP contribution in [0, 0.1) is 0 Å². The topological polar surface area (TPSA) is 83.7 Å². The molecule has 0 radical (unpaired) electrons. The van der Waals surface area contributed by atoms with Crippen LogP contribution in [0.15, 0.2) is 18.2 Å². The molecule has 7 heteroatoms. The largest absolute Gasteiger partial charge is 0.454 e. The van der Waals surface area contributed by atoms with Crippen molar-refractivity contribution in [2.45, 2.75) is 38.5 Å². The van der Waals surface area contributed by atoms with E-state index in [1.165, 1.54) is 0 Å². The van der Waals surface area contributed by atoms with Crippen molar-refractivity contribution in [1.29, 1.82) is 0 Å². The minimum absolute atomic E-state index is 0.0572. The highest BCUT2D eigenvalue weighted by Gasteiger charge is 2.30. The zero-order valence-corrected chi connectivity index (χ0v) is 12.1. The number of fused-ring (bicyclic) bond motifs is 1. The van der Waals surface area contributed by atoms with Gasteiger partial charge in [-0.2, -0.15) is 0 Å². The first kappa shape index (κ1) is 14.0. The van der Waals surface area contributed by atoms with Crippen LogP contribution in [-0.2, 0) is 6.54 Å². The first-order valence-electron chi connectivity index (χ1n) is 7.07. The van der Waals surface area contributed by atoms with Crippen LogP contribution in [0.3, 0.4) is 0 Å². The van der Waals surface area contributed by atoms with E-state index in [4.69, 9.17) is 9.47 Å². The molecule has 2 aliphatic heterocycles. The van der Waals surface area contributed by atoms with Gasteiger partial charge in [-0.15, -0.1) is 0 Å². The molecule has 1 aromatic rings. The summed E-state index contributed by atoms with van der Waals surface area (Å²) in [6.45, 7) is 4.75. The summed E-state index contributed by atoms with van der Waals surface area (Å²) in [5, 5.41) is 5.83. The van der Waals surface area contributed by atoms with Gasteiger partial charge in [-0.25, -0.2) is 4.79 Å². The van der Waals surface area contributed by atoms with Gasteiger partial charge in [0.2, 0.25) is 6.79 Å². The van der Waals surface area contributed by atoms with Gasteiger partial charge in [0.05, 0.1) is 6.04 Å². The third-order valence-corrected chi connectivity index (χ3v) is 3.80. The molecule has 1 aromatic carbocycles. The second-order valence-electron chi connectivity index (χ2n) is 5.41. The quantitative estimate of drug-likeness (QED) is 0.651. The molecule has 0 aromatic heterocycles. The lowest BCUT2D eigenvalue weighted by Gasteiger charge is -2.20. The van der Waals surface area contributed by atoms with Crippen molar-refractivity contribution in [1.82, 2.24) is 21.5 Å². The minimum Gasteiger partial charge on any atom is -0.454 e. The van der Waals surface area contributed by atoms with E-state index in [0.29, 0.717) is 6.54 Å². The maximum absolute atomic E-state index is 12.0. The highest BCUT2D eigenvalue weighted by Crippen LogP contribution is 2.32. The summed E-state index contributed by atoms with van der Waals surface area (Å²) in [4.78, 5) is 12.0. The molecule has 0 aliphatic carbocycles. The Balaban J connectivity index is 1.52. The number of benzene rings is 1. The molecular formula is C14H20N4O3. The van der Waals surface area contributed by atoms with Gasteiger partial charge >= 0.3 is 6.03 Å². The predicted octanol–water partition coefficient (Wildman–Crippen LogP) is 0.468. The van der Waals surface area contributed by atoms with Gasteiger partial charge in [-0.1, -0.05) is 6.07 Å². The van der Waals surface area contributed by atoms with Crippen LogP contribution >= 0.6 is 0 Å². The Morgan fingerprint density at radius 2 is 1.95 bits per heavy atom. The molecule has 2 aliphatic rings. The van der Waals surface area contributed by atoms with E-state index in [2.05, 4.69) is 21.5 Å². The van der Waals surface area contributed by atoms with Gasteiger partial charge in [0.1, 0.15) is 0 Å². The minimum atomic E-state index is -0.179. The Morgan fingerprint density at radius 1 is 1.24 bits per heavy atom. The SMILES string of the molecule is CC1NNC(C)C1NC(=O)NCc1ccc2c(c1)OCO2. The molecule has 3 rings (SSSR count). The van der Waals surface area contributed by atoms with Crippen LogP contribution < -0.4 is 31.0 Å². The van der Waals surface area contributed by atoms with Crippen molar-refractivity contribution in [2.75, 3.05) is 6.79 Å². The van der Waals surface area contributed by atoms with Crippen molar-refractivity contribution in [2.24, 2.45) is 0 Å². The zero-order valence-electron chi connectivity index (χ0n) is 12.1. The molecule has 7 nitrogen and oxygen atoms in total. The lowest BCUT2D eigenvalue weighted by molar-refractivity contribution is 0.174. The average Bonchev–Trinajstić information content (AvgIpc) is 3.06. The van der Waals surface area contributed by atoms with Crippen LogP contribution in [0.5, 0.6) is 11.5 Å². The molecule has 2 atom stereocenters. The fourth-order valence-electron chi connectivity index (χ4n) is 2.56. The first-order valence-corrected chi connectivity index (χ1v) is 7.07. The molecule has 2 unspecified atom stereocenters. The number of nitrogens with one attached hydrogen (secondary N) is 4. The van der Waals surface area contributed by atoms with Gasteiger partial charge in [-0.05, 0) is 31.5 Å². The molecule has 0 bridgehead atoms. The molecule has 4 N–H and O–H groups in total. The van der Waals surface area contributed by atoms with E-state index in [-0.39, 0.29) is 30.9 Å². The third kappa shape index (κ3) is 3.03. The summed E-state index contributed by atoms with van der Waals surface area (Å²) in [5.74, 6) is 1.47. The van der Waals surface area contributed by atoms with Crippen molar-refractivity contribution in [3.63, 3.8) is 0 Å². The van der Waals surface area contributed by atoms with E-state index in [0.717, 1.165) is 17.1 Å². The Morgan fingerprint density at radius 3 is 2.71 bits per heavy atom. The van der Waals surface area contributed by atoms with Crippen molar-refractivity contribution < 1.29 is 14.3 Å². The molecule has 1 saturated heterocycles. The highest BCUT2D eigenvalue weighted by molar-refractivity contribution is 5.74. The van der Waals surface area contributed by atoms with Crippen molar-refractivity contribution in [3.8, 4) is 11.5 Å². The standard InChI is InChI=1S/C14H20N4O3/c1-8-13(9(2)18-17-8)16-14(19)15-6-10-3-4-11-12(5-10)21-7-20-11/h3-5,8-9,13,17-18H,6-7H2,1-2H3,(H2,15,16,19). The number of hydrazine groups is 1. The Labute approximate surface area is 123 Å². The van der Waals surface area contributed by atoms with Crippen LogP contribution in [0.25, 0.3) is 0 Å². The molecular weight excluding hydrogens is 272 g/mol. The number of urea groups is 1. The smallest absolute Gasteiger partial charge is 0.315 e. The number of carbonyl (C=O) groups excluding carboxylic acids is 1.